The van der Waals surface area contributed by atoms with Crippen molar-refractivity contribution in [2.75, 3.05) is 13.7 Å². The standard InChI is InChI=1S/C11H13NO2/c1-14-10-3-2-8-5-12-6-9(7-13)11(8)4-10/h2-4,7,9,12H,5-6H2,1H3. The molecule has 1 unspecified atom stereocenters. The van der Waals surface area contributed by atoms with Gasteiger partial charge in [-0.05, 0) is 23.3 Å². The lowest BCUT2D eigenvalue weighted by atomic mass is 9.92. The molecule has 2 rings (SSSR count). The van der Waals surface area contributed by atoms with E-state index in [1.54, 1.807) is 7.11 Å². The van der Waals surface area contributed by atoms with Crippen molar-refractivity contribution in [3.05, 3.63) is 29.3 Å². The lowest BCUT2D eigenvalue weighted by molar-refractivity contribution is -0.109. The summed E-state index contributed by atoms with van der Waals surface area (Å²) in [7, 11) is 1.64. The first-order valence-corrected chi connectivity index (χ1v) is 4.68. The van der Waals surface area contributed by atoms with Gasteiger partial charge in [0.2, 0.25) is 0 Å². The van der Waals surface area contributed by atoms with Crippen LogP contribution in [-0.2, 0) is 11.3 Å². The van der Waals surface area contributed by atoms with Crippen molar-refractivity contribution >= 4 is 6.29 Å². The maximum Gasteiger partial charge on any atom is 0.128 e. The van der Waals surface area contributed by atoms with Crippen molar-refractivity contribution in [1.29, 1.82) is 0 Å². The van der Waals surface area contributed by atoms with Gasteiger partial charge >= 0.3 is 0 Å². The van der Waals surface area contributed by atoms with Gasteiger partial charge in [-0.25, -0.2) is 0 Å². The van der Waals surface area contributed by atoms with Crippen molar-refractivity contribution in [3.63, 3.8) is 0 Å². The second-order valence-corrected chi connectivity index (χ2v) is 3.44. The summed E-state index contributed by atoms with van der Waals surface area (Å²) >= 11 is 0. The second kappa shape index (κ2) is 3.80. The van der Waals surface area contributed by atoms with Crippen LogP contribution < -0.4 is 10.1 Å². The van der Waals surface area contributed by atoms with Crippen LogP contribution in [0, 0.1) is 0 Å². The molecule has 1 aromatic carbocycles. The first kappa shape index (κ1) is 9.21. The number of aldehydes is 1. The molecule has 14 heavy (non-hydrogen) atoms. The van der Waals surface area contributed by atoms with Crippen LogP contribution in [-0.4, -0.2) is 19.9 Å². The van der Waals surface area contributed by atoms with Gasteiger partial charge < -0.3 is 14.8 Å². The predicted molar refractivity (Wildman–Crippen MR) is 53.5 cm³/mol. The Morgan fingerprint density at radius 3 is 3.14 bits per heavy atom. The molecule has 0 spiro atoms. The number of methoxy groups -OCH3 is 1. The minimum atomic E-state index is -0.0335. The predicted octanol–water partition coefficient (Wildman–Crippen LogP) is 1.08. The van der Waals surface area contributed by atoms with E-state index in [1.807, 2.05) is 18.2 Å². The first-order chi connectivity index (χ1) is 6.85. The lowest BCUT2D eigenvalue weighted by Gasteiger charge is -2.22. The molecule has 1 aliphatic rings. The van der Waals surface area contributed by atoms with Crippen LogP contribution in [0.5, 0.6) is 5.75 Å². The van der Waals surface area contributed by atoms with Gasteiger partial charge in [-0.3, -0.25) is 0 Å². The van der Waals surface area contributed by atoms with Gasteiger partial charge in [-0.1, -0.05) is 6.07 Å². The Morgan fingerprint density at radius 1 is 1.57 bits per heavy atom. The second-order valence-electron chi connectivity index (χ2n) is 3.44. The zero-order chi connectivity index (χ0) is 9.97. The highest BCUT2D eigenvalue weighted by Crippen LogP contribution is 2.26. The van der Waals surface area contributed by atoms with E-state index in [2.05, 4.69) is 5.32 Å². The van der Waals surface area contributed by atoms with Gasteiger partial charge in [0.15, 0.2) is 0 Å². The molecule has 0 aromatic heterocycles. The summed E-state index contributed by atoms with van der Waals surface area (Å²) in [6.45, 7) is 1.56. The van der Waals surface area contributed by atoms with Crippen LogP contribution >= 0.6 is 0 Å². The average molecular weight is 191 g/mol. The molecule has 0 aliphatic carbocycles. The van der Waals surface area contributed by atoms with Crippen LogP contribution in [0.15, 0.2) is 18.2 Å². The van der Waals surface area contributed by atoms with Crippen molar-refractivity contribution in [2.45, 2.75) is 12.5 Å². The fraction of sp³-hybridized carbons (Fsp3) is 0.364. The Bertz CT molecular complexity index is 349. The van der Waals surface area contributed by atoms with E-state index in [0.29, 0.717) is 0 Å². The minimum Gasteiger partial charge on any atom is -0.497 e. The monoisotopic (exact) mass is 191 g/mol. The third-order valence-corrected chi connectivity index (χ3v) is 2.60. The van der Waals surface area contributed by atoms with Gasteiger partial charge in [0.25, 0.3) is 0 Å². The summed E-state index contributed by atoms with van der Waals surface area (Å²) in [4.78, 5) is 10.8. The quantitative estimate of drug-likeness (QED) is 0.711. The van der Waals surface area contributed by atoms with E-state index < -0.39 is 0 Å². The van der Waals surface area contributed by atoms with Gasteiger partial charge in [0.05, 0.1) is 13.0 Å². The Balaban J connectivity index is 2.43. The zero-order valence-corrected chi connectivity index (χ0v) is 8.12. The molecule has 1 heterocycles. The number of fused-ring (bicyclic) bond motifs is 1. The number of nitrogens with one attached hydrogen (secondary N) is 1. The summed E-state index contributed by atoms with van der Waals surface area (Å²) in [6, 6.07) is 5.89. The highest BCUT2D eigenvalue weighted by atomic mass is 16.5. The van der Waals surface area contributed by atoms with Crippen LogP contribution in [0.1, 0.15) is 17.0 Å². The number of carbonyl (C=O) groups is 1. The van der Waals surface area contributed by atoms with E-state index in [-0.39, 0.29) is 5.92 Å². The SMILES string of the molecule is COc1ccc2c(c1)C(C=O)CNC2. The summed E-state index contributed by atoms with van der Waals surface area (Å²) < 4.78 is 5.14. The van der Waals surface area contributed by atoms with Crippen LogP contribution in [0.3, 0.4) is 0 Å². The highest BCUT2D eigenvalue weighted by molar-refractivity contribution is 5.65. The molecular formula is C11H13NO2. The Hall–Kier alpha value is -1.35. The zero-order valence-electron chi connectivity index (χ0n) is 8.12. The smallest absolute Gasteiger partial charge is 0.128 e. The number of benzene rings is 1. The van der Waals surface area contributed by atoms with Crippen molar-refractivity contribution < 1.29 is 9.53 Å². The van der Waals surface area contributed by atoms with Crippen molar-refractivity contribution in [3.8, 4) is 5.75 Å². The number of hydrogen-bond acceptors (Lipinski definition) is 3. The largest absolute Gasteiger partial charge is 0.497 e. The molecule has 0 saturated carbocycles. The van der Waals surface area contributed by atoms with E-state index in [4.69, 9.17) is 4.74 Å². The van der Waals surface area contributed by atoms with Gasteiger partial charge in [0, 0.05) is 13.1 Å². The number of hydrogen-bond donors (Lipinski definition) is 1. The molecule has 0 fully saturated rings. The number of rotatable bonds is 2. The molecule has 1 aliphatic heterocycles. The van der Waals surface area contributed by atoms with E-state index in [0.717, 1.165) is 30.7 Å². The van der Waals surface area contributed by atoms with Crippen molar-refractivity contribution in [2.24, 2.45) is 0 Å². The summed E-state index contributed by atoms with van der Waals surface area (Å²) in [5, 5.41) is 3.21. The molecule has 1 N–H and O–H groups in total. The molecule has 0 amide bonds. The van der Waals surface area contributed by atoms with Gasteiger partial charge in [-0.2, -0.15) is 0 Å². The Morgan fingerprint density at radius 2 is 2.43 bits per heavy atom. The van der Waals surface area contributed by atoms with Crippen molar-refractivity contribution in [1.82, 2.24) is 5.32 Å². The molecule has 0 saturated heterocycles. The molecule has 3 heteroatoms. The first-order valence-electron chi connectivity index (χ1n) is 4.68. The van der Waals surface area contributed by atoms with Gasteiger partial charge in [-0.15, -0.1) is 0 Å². The highest BCUT2D eigenvalue weighted by Gasteiger charge is 2.19. The Labute approximate surface area is 83.1 Å². The molecule has 0 radical (unpaired) electrons. The van der Waals surface area contributed by atoms with E-state index in [1.165, 1.54) is 5.56 Å². The molecule has 0 bridgehead atoms. The van der Waals surface area contributed by atoms with Crippen LogP contribution in [0.4, 0.5) is 0 Å². The lowest BCUT2D eigenvalue weighted by Crippen LogP contribution is -2.28. The van der Waals surface area contributed by atoms with Crippen LogP contribution in [0.25, 0.3) is 0 Å². The maximum absolute atomic E-state index is 10.8. The third kappa shape index (κ3) is 1.51. The Kier molecular flexibility index (Phi) is 2.50. The van der Waals surface area contributed by atoms with E-state index in [9.17, 15) is 4.79 Å². The summed E-state index contributed by atoms with van der Waals surface area (Å²) in [5.74, 6) is 0.784. The summed E-state index contributed by atoms with van der Waals surface area (Å²) in [5.41, 5.74) is 2.28. The average Bonchev–Trinajstić information content (AvgIpc) is 2.27. The number of ether oxygens (including phenoxy) is 1. The fourth-order valence-corrected chi connectivity index (χ4v) is 1.80. The van der Waals surface area contributed by atoms with E-state index >= 15 is 0 Å². The molecule has 1 aromatic rings. The molecule has 1 atom stereocenters. The summed E-state index contributed by atoms with van der Waals surface area (Å²) in [6.07, 6.45) is 0.991. The topological polar surface area (TPSA) is 38.3 Å². The third-order valence-electron chi connectivity index (χ3n) is 2.60. The normalized spacial score (nSPS) is 19.9. The van der Waals surface area contributed by atoms with Crippen LogP contribution in [0.2, 0.25) is 0 Å². The molecule has 3 nitrogen and oxygen atoms in total. The number of carbonyl (C=O) groups excluding carboxylic acids is 1. The van der Waals surface area contributed by atoms with Gasteiger partial charge in [0.1, 0.15) is 12.0 Å². The molecule has 74 valence electrons. The minimum absolute atomic E-state index is 0.0335. The maximum atomic E-state index is 10.8. The fourth-order valence-electron chi connectivity index (χ4n) is 1.80. The molecular weight excluding hydrogens is 178 g/mol.